The molecule has 4 heteroatoms. The predicted molar refractivity (Wildman–Crippen MR) is 76.4 cm³/mol. The minimum absolute atomic E-state index is 0.0873. The highest BCUT2D eigenvalue weighted by molar-refractivity contribution is 5.94. The fourth-order valence-electron chi connectivity index (χ4n) is 2.01. The molecule has 19 heavy (non-hydrogen) atoms. The summed E-state index contributed by atoms with van der Waals surface area (Å²) in [7, 11) is 0. The first-order chi connectivity index (χ1) is 8.97. The van der Waals surface area contributed by atoms with E-state index in [0.717, 1.165) is 12.2 Å². The van der Waals surface area contributed by atoms with Crippen LogP contribution in [0, 0.1) is 0 Å². The molecule has 2 rings (SSSR count). The van der Waals surface area contributed by atoms with Crippen LogP contribution >= 0.6 is 0 Å². The van der Waals surface area contributed by atoms with Crippen molar-refractivity contribution in [3.63, 3.8) is 0 Å². The maximum atomic E-state index is 12.0. The van der Waals surface area contributed by atoms with Gasteiger partial charge in [-0.05, 0) is 23.1 Å². The predicted octanol–water partition coefficient (Wildman–Crippen LogP) is 1.91. The number of nitrogens with one attached hydrogen (secondary N) is 2. The van der Waals surface area contributed by atoms with Gasteiger partial charge in [0.15, 0.2) is 0 Å². The van der Waals surface area contributed by atoms with Crippen LogP contribution in [-0.4, -0.2) is 31.7 Å². The van der Waals surface area contributed by atoms with Crippen LogP contribution in [0.25, 0.3) is 0 Å². The fourth-order valence-corrected chi connectivity index (χ4v) is 2.01. The van der Waals surface area contributed by atoms with Crippen molar-refractivity contribution in [1.29, 1.82) is 0 Å². The molecule has 0 saturated carbocycles. The van der Waals surface area contributed by atoms with Gasteiger partial charge < -0.3 is 15.4 Å². The average Bonchev–Trinajstić information content (AvgIpc) is 2.39. The molecule has 1 aliphatic heterocycles. The molecule has 0 aliphatic carbocycles. The van der Waals surface area contributed by atoms with Crippen LogP contribution in [0.15, 0.2) is 24.3 Å². The van der Waals surface area contributed by atoms with Crippen LogP contribution in [0.2, 0.25) is 0 Å². The van der Waals surface area contributed by atoms with E-state index in [4.69, 9.17) is 4.74 Å². The maximum absolute atomic E-state index is 12.0. The molecule has 2 N–H and O–H groups in total. The van der Waals surface area contributed by atoms with Crippen molar-refractivity contribution < 1.29 is 9.53 Å². The van der Waals surface area contributed by atoms with Crippen molar-refractivity contribution in [3.8, 4) is 0 Å². The van der Waals surface area contributed by atoms with E-state index in [1.165, 1.54) is 5.56 Å². The first-order valence-corrected chi connectivity index (χ1v) is 6.70. The summed E-state index contributed by atoms with van der Waals surface area (Å²) in [6, 6.07) is 7.98. The number of carbonyl (C=O) groups is 1. The third-order valence-electron chi connectivity index (χ3n) is 3.24. The summed E-state index contributed by atoms with van der Waals surface area (Å²) in [5.41, 5.74) is 2.19. The van der Waals surface area contributed by atoms with Crippen molar-refractivity contribution in [2.45, 2.75) is 32.3 Å². The van der Waals surface area contributed by atoms with Gasteiger partial charge in [-0.15, -0.1) is 0 Å². The standard InChI is InChI=1S/C15H22N2O2/c1-15(2,3)11-4-6-12(7-5-11)17-14(18)13-10-16-8-9-19-13/h4-7,13,16H,8-10H2,1-3H3,(H,17,18). The molecule has 1 aromatic rings. The van der Waals surface area contributed by atoms with Gasteiger partial charge in [-0.2, -0.15) is 0 Å². The lowest BCUT2D eigenvalue weighted by Gasteiger charge is -2.23. The zero-order valence-electron chi connectivity index (χ0n) is 11.8. The second-order valence-corrected chi connectivity index (χ2v) is 5.88. The second-order valence-electron chi connectivity index (χ2n) is 5.88. The highest BCUT2D eigenvalue weighted by Crippen LogP contribution is 2.23. The maximum Gasteiger partial charge on any atom is 0.254 e. The number of carbonyl (C=O) groups excluding carboxylic acids is 1. The van der Waals surface area contributed by atoms with Crippen molar-refractivity contribution in [1.82, 2.24) is 5.32 Å². The zero-order valence-corrected chi connectivity index (χ0v) is 11.8. The summed E-state index contributed by atoms with van der Waals surface area (Å²) in [4.78, 5) is 12.0. The van der Waals surface area contributed by atoms with E-state index in [2.05, 4.69) is 43.5 Å². The van der Waals surface area contributed by atoms with Crippen molar-refractivity contribution in [2.75, 3.05) is 25.0 Å². The molecule has 104 valence electrons. The van der Waals surface area contributed by atoms with Gasteiger partial charge in [-0.25, -0.2) is 0 Å². The van der Waals surface area contributed by atoms with Crippen LogP contribution in [0.4, 0.5) is 5.69 Å². The minimum Gasteiger partial charge on any atom is -0.366 e. The summed E-state index contributed by atoms with van der Waals surface area (Å²) >= 11 is 0. The molecular formula is C15H22N2O2. The Morgan fingerprint density at radius 1 is 1.32 bits per heavy atom. The van der Waals surface area contributed by atoms with Gasteiger partial charge in [0, 0.05) is 18.8 Å². The van der Waals surface area contributed by atoms with Crippen LogP contribution in [-0.2, 0) is 14.9 Å². The molecule has 1 saturated heterocycles. The van der Waals surface area contributed by atoms with Crippen LogP contribution in [0.3, 0.4) is 0 Å². The first-order valence-electron chi connectivity index (χ1n) is 6.70. The number of rotatable bonds is 2. The second kappa shape index (κ2) is 5.72. The molecule has 1 amide bonds. The molecule has 1 fully saturated rings. The Labute approximate surface area is 114 Å². The number of hydrogen-bond donors (Lipinski definition) is 2. The molecule has 0 bridgehead atoms. The summed E-state index contributed by atoms with van der Waals surface area (Å²) in [5.74, 6) is -0.0873. The molecule has 0 spiro atoms. The molecule has 4 nitrogen and oxygen atoms in total. The lowest BCUT2D eigenvalue weighted by Crippen LogP contribution is -2.45. The normalized spacial score (nSPS) is 20.1. The van der Waals surface area contributed by atoms with Gasteiger partial charge in [0.05, 0.1) is 6.61 Å². The summed E-state index contributed by atoms with van der Waals surface area (Å²) < 4.78 is 5.42. The van der Waals surface area contributed by atoms with E-state index in [9.17, 15) is 4.79 Å². The van der Waals surface area contributed by atoms with Crippen molar-refractivity contribution >= 4 is 11.6 Å². The van der Waals surface area contributed by atoms with Crippen LogP contribution in [0.5, 0.6) is 0 Å². The Bertz CT molecular complexity index is 428. The summed E-state index contributed by atoms with van der Waals surface area (Å²) in [6.07, 6.45) is -0.393. The number of morpholine rings is 1. The van der Waals surface area contributed by atoms with Gasteiger partial charge in [0.25, 0.3) is 5.91 Å². The van der Waals surface area contributed by atoms with Crippen molar-refractivity contribution in [2.24, 2.45) is 0 Å². The molecular weight excluding hydrogens is 240 g/mol. The number of anilines is 1. The van der Waals surface area contributed by atoms with E-state index in [1.807, 2.05) is 12.1 Å². The van der Waals surface area contributed by atoms with E-state index in [1.54, 1.807) is 0 Å². The third kappa shape index (κ3) is 3.78. The summed E-state index contributed by atoms with van der Waals surface area (Å²) in [6.45, 7) is 8.48. The average molecular weight is 262 g/mol. The highest BCUT2D eigenvalue weighted by Gasteiger charge is 2.21. The quantitative estimate of drug-likeness (QED) is 0.856. The third-order valence-corrected chi connectivity index (χ3v) is 3.24. The zero-order chi connectivity index (χ0) is 13.9. The molecule has 1 aliphatic rings. The molecule has 1 heterocycles. The van der Waals surface area contributed by atoms with Gasteiger partial charge in [0.2, 0.25) is 0 Å². The largest absolute Gasteiger partial charge is 0.366 e. The van der Waals surface area contributed by atoms with E-state index in [-0.39, 0.29) is 11.3 Å². The molecule has 1 atom stereocenters. The SMILES string of the molecule is CC(C)(C)c1ccc(NC(=O)C2CNCCO2)cc1. The van der Waals surface area contributed by atoms with Crippen molar-refractivity contribution in [3.05, 3.63) is 29.8 Å². The van der Waals surface area contributed by atoms with Gasteiger partial charge in [0.1, 0.15) is 6.10 Å². The van der Waals surface area contributed by atoms with Gasteiger partial charge in [-0.3, -0.25) is 4.79 Å². The Morgan fingerprint density at radius 2 is 2.00 bits per heavy atom. The van der Waals surface area contributed by atoms with Crippen LogP contribution in [0.1, 0.15) is 26.3 Å². The molecule has 0 radical (unpaired) electrons. The molecule has 1 aromatic carbocycles. The topological polar surface area (TPSA) is 50.4 Å². The van der Waals surface area contributed by atoms with E-state index >= 15 is 0 Å². The number of benzene rings is 1. The number of amides is 1. The Balaban J connectivity index is 1.97. The Morgan fingerprint density at radius 3 is 2.53 bits per heavy atom. The van der Waals surface area contributed by atoms with Crippen LogP contribution < -0.4 is 10.6 Å². The monoisotopic (exact) mass is 262 g/mol. The lowest BCUT2D eigenvalue weighted by molar-refractivity contribution is -0.128. The number of ether oxygens (including phenoxy) is 1. The highest BCUT2D eigenvalue weighted by atomic mass is 16.5. The Hall–Kier alpha value is -1.39. The molecule has 0 aromatic heterocycles. The van der Waals surface area contributed by atoms with E-state index in [0.29, 0.717) is 13.2 Å². The summed E-state index contributed by atoms with van der Waals surface area (Å²) in [5, 5.41) is 6.03. The van der Waals surface area contributed by atoms with E-state index < -0.39 is 6.10 Å². The fraction of sp³-hybridized carbons (Fsp3) is 0.533. The first kappa shape index (κ1) is 14.0. The van der Waals surface area contributed by atoms with Gasteiger partial charge >= 0.3 is 0 Å². The minimum atomic E-state index is -0.393. The number of hydrogen-bond acceptors (Lipinski definition) is 3. The van der Waals surface area contributed by atoms with Gasteiger partial charge in [-0.1, -0.05) is 32.9 Å². The smallest absolute Gasteiger partial charge is 0.254 e. The lowest BCUT2D eigenvalue weighted by atomic mass is 9.87. The Kier molecular flexibility index (Phi) is 4.22. The molecule has 1 unspecified atom stereocenters.